The third kappa shape index (κ3) is 4.36. The summed E-state index contributed by atoms with van der Waals surface area (Å²) in [5.41, 5.74) is 3.60. The highest BCUT2D eigenvalue weighted by Gasteiger charge is 2.46. The molecule has 3 heteroatoms. The molecule has 0 spiro atoms. The molecular weight excluding hydrogens is 363 g/mol. The fourth-order valence-corrected chi connectivity index (χ4v) is 5.67. The van der Waals surface area contributed by atoms with E-state index in [1.54, 1.807) is 0 Å². The van der Waals surface area contributed by atoms with Crippen molar-refractivity contribution in [3.63, 3.8) is 0 Å². The van der Waals surface area contributed by atoms with E-state index in [2.05, 4.69) is 105 Å². The Morgan fingerprint density at radius 1 is 0.571 bits per heavy atom. The third-order valence-electron chi connectivity index (χ3n) is 4.67. The SMILES string of the molecule is CCCOP(OCCC)C(c1ccccc1)(c1ccccc1)c1ccccc1. The Balaban J connectivity index is 2.28. The Morgan fingerprint density at radius 2 is 0.893 bits per heavy atom. The van der Waals surface area contributed by atoms with Crippen molar-refractivity contribution < 1.29 is 9.05 Å². The Kier molecular flexibility index (Phi) is 7.80. The van der Waals surface area contributed by atoms with Crippen LogP contribution in [-0.4, -0.2) is 13.2 Å². The fraction of sp³-hybridized carbons (Fsp3) is 0.280. The Morgan fingerprint density at radius 3 is 1.18 bits per heavy atom. The summed E-state index contributed by atoms with van der Waals surface area (Å²) in [4.78, 5) is 0. The van der Waals surface area contributed by atoms with Crippen LogP contribution in [0.25, 0.3) is 0 Å². The van der Waals surface area contributed by atoms with Gasteiger partial charge in [0, 0.05) is 0 Å². The van der Waals surface area contributed by atoms with Crippen molar-refractivity contribution in [2.45, 2.75) is 31.8 Å². The zero-order valence-corrected chi connectivity index (χ0v) is 17.6. The molecule has 0 saturated carbocycles. The lowest BCUT2D eigenvalue weighted by atomic mass is 9.84. The minimum absolute atomic E-state index is 0.483. The van der Waals surface area contributed by atoms with E-state index in [4.69, 9.17) is 9.05 Å². The van der Waals surface area contributed by atoms with Gasteiger partial charge in [-0.15, -0.1) is 0 Å². The molecule has 0 aliphatic carbocycles. The average Bonchev–Trinajstić information content (AvgIpc) is 2.78. The van der Waals surface area contributed by atoms with Gasteiger partial charge in [-0.3, -0.25) is 0 Å². The van der Waals surface area contributed by atoms with Crippen molar-refractivity contribution >= 4 is 8.38 Å². The summed E-state index contributed by atoms with van der Waals surface area (Å²) in [6.07, 6.45) is 1.92. The lowest BCUT2D eigenvalue weighted by Gasteiger charge is -2.40. The Bertz CT molecular complexity index is 701. The van der Waals surface area contributed by atoms with Crippen LogP contribution in [0.2, 0.25) is 0 Å². The molecule has 0 amide bonds. The van der Waals surface area contributed by atoms with Gasteiger partial charge in [-0.05, 0) is 29.5 Å². The van der Waals surface area contributed by atoms with Gasteiger partial charge in [0.25, 0.3) is 0 Å². The van der Waals surface area contributed by atoms with E-state index >= 15 is 0 Å². The molecule has 0 N–H and O–H groups in total. The molecule has 0 aliphatic rings. The van der Waals surface area contributed by atoms with Crippen molar-refractivity contribution in [3.8, 4) is 0 Å². The first-order chi connectivity index (χ1) is 13.8. The molecule has 0 radical (unpaired) electrons. The van der Waals surface area contributed by atoms with E-state index in [0.717, 1.165) is 12.8 Å². The van der Waals surface area contributed by atoms with E-state index in [0.29, 0.717) is 13.2 Å². The predicted molar refractivity (Wildman–Crippen MR) is 119 cm³/mol. The highest BCUT2D eigenvalue weighted by atomic mass is 31.2. The molecule has 0 aromatic heterocycles. The quantitative estimate of drug-likeness (QED) is 0.270. The second-order valence-corrected chi connectivity index (χ2v) is 8.43. The van der Waals surface area contributed by atoms with Gasteiger partial charge >= 0.3 is 0 Å². The zero-order valence-electron chi connectivity index (χ0n) is 16.8. The fourth-order valence-electron chi connectivity index (χ4n) is 3.43. The molecule has 0 atom stereocenters. The van der Waals surface area contributed by atoms with Crippen LogP contribution in [0.4, 0.5) is 0 Å². The van der Waals surface area contributed by atoms with Gasteiger partial charge < -0.3 is 9.05 Å². The van der Waals surface area contributed by atoms with E-state index in [1.807, 2.05) is 0 Å². The van der Waals surface area contributed by atoms with E-state index in [9.17, 15) is 0 Å². The van der Waals surface area contributed by atoms with E-state index in [-0.39, 0.29) is 0 Å². The molecule has 2 nitrogen and oxygen atoms in total. The van der Waals surface area contributed by atoms with Gasteiger partial charge in [0.2, 0.25) is 0 Å². The summed E-state index contributed by atoms with van der Waals surface area (Å²) in [5, 5.41) is -0.483. The molecule has 3 rings (SSSR count). The van der Waals surface area contributed by atoms with Gasteiger partial charge in [0.1, 0.15) is 5.16 Å². The van der Waals surface area contributed by atoms with Crippen LogP contribution >= 0.6 is 8.38 Å². The van der Waals surface area contributed by atoms with Crippen molar-refractivity contribution in [2.24, 2.45) is 0 Å². The molecule has 0 heterocycles. The third-order valence-corrected chi connectivity index (χ3v) is 6.83. The van der Waals surface area contributed by atoms with Crippen molar-refractivity contribution in [3.05, 3.63) is 108 Å². The monoisotopic (exact) mass is 392 g/mol. The van der Waals surface area contributed by atoms with Crippen LogP contribution in [-0.2, 0) is 14.2 Å². The van der Waals surface area contributed by atoms with Crippen molar-refractivity contribution in [1.82, 2.24) is 0 Å². The van der Waals surface area contributed by atoms with Gasteiger partial charge in [0.15, 0.2) is 8.38 Å². The maximum absolute atomic E-state index is 6.46. The summed E-state index contributed by atoms with van der Waals surface area (Å²) >= 11 is 0. The summed E-state index contributed by atoms with van der Waals surface area (Å²) in [6, 6.07) is 32.0. The van der Waals surface area contributed by atoms with Crippen LogP contribution < -0.4 is 0 Å². The zero-order chi connectivity index (χ0) is 19.7. The Labute approximate surface area is 170 Å². The van der Waals surface area contributed by atoms with Crippen LogP contribution in [0.3, 0.4) is 0 Å². The summed E-state index contributed by atoms with van der Waals surface area (Å²) < 4.78 is 12.9. The smallest absolute Gasteiger partial charge is 0.191 e. The minimum atomic E-state index is -1.25. The van der Waals surface area contributed by atoms with Crippen molar-refractivity contribution in [1.29, 1.82) is 0 Å². The highest BCUT2D eigenvalue weighted by molar-refractivity contribution is 7.49. The average molecular weight is 392 g/mol. The maximum Gasteiger partial charge on any atom is 0.191 e. The largest absolute Gasteiger partial charge is 0.333 e. The van der Waals surface area contributed by atoms with Gasteiger partial charge in [-0.25, -0.2) is 0 Å². The normalized spacial score (nSPS) is 11.7. The van der Waals surface area contributed by atoms with Gasteiger partial charge in [-0.1, -0.05) is 105 Å². The number of hydrogen-bond acceptors (Lipinski definition) is 2. The van der Waals surface area contributed by atoms with E-state index < -0.39 is 13.5 Å². The summed E-state index contributed by atoms with van der Waals surface area (Å²) in [5.74, 6) is 0. The first-order valence-electron chi connectivity index (χ1n) is 10.1. The van der Waals surface area contributed by atoms with Crippen LogP contribution in [0.1, 0.15) is 43.4 Å². The van der Waals surface area contributed by atoms with Crippen LogP contribution in [0, 0.1) is 0 Å². The second kappa shape index (κ2) is 10.5. The summed E-state index contributed by atoms with van der Waals surface area (Å²) in [6.45, 7) is 5.65. The molecular formula is C25H29O2P. The molecule has 3 aromatic rings. The molecule has 146 valence electrons. The van der Waals surface area contributed by atoms with Gasteiger partial charge in [0.05, 0.1) is 13.2 Å². The van der Waals surface area contributed by atoms with Crippen molar-refractivity contribution in [2.75, 3.05) is 13.2 Å². The van der Waals surface area contributed by atoms with Crippen LogP contribution in [0.5, 0.6) is 0 Å². The molecule has 0 fully saturated rings. The predicted octanol–water partition coefficient (Wildman–Crippen LogP) is 7.14. The molecule has 0 bridgehead atoms. The first kappa shape index (κ1) is 20.7. The minimum Gasteiger partial charge on any atom is -0.333 e. The number of benzene rings is 3. The highest BCUT2D eigenvalue weighted by Crippen LogP contribution is 2.64. The van der Waals surface area contributed by atoms with Gasteiger partial charge in [-0.2, -0.15) is 0 Å². The van der Waals surface area contributed by atoms with E-state index in [1.165, 1.54) is 16.7 Å². The number of rotatable bonds is 10. The lowest BCUT2D eigenvalue weighted by Crippen LogP contribution is -2.29. The topological polar surface area (TPSA) is 18.5 Å². The summed E-state index contributed by atoms with van der Waals surface area (Å²) in [7, 11) is -1.25. The first-order valence-corrected chi connectivity index (χ1v) is 11.2. The molecule has 3 aromatic carbocycles. The maximum atomic E-state index is 6.46. The standard InChI is InChI=1S/C25H29O2P/c1-3-20-26-28(27-21-4-2)25(22-14-8-5-9-15-22,23-16-10-6-11-17-23)24-18-12-7-13-19-24/h5-19H,3-4,20-21H2,1-2H3. The lowest BCUT2D eigenvalue weighted by molar-refractivity contribution is 0.238. The second-order valence-electron chi connectivity index (χ2n) is 6.73. The molecule has 0 saturated heterocycles. The molecule has 0 unspecified atom stereocenters. The number of hydrogen-bond donors (Lipinski definition) is 0. The Hall–Kier alpha value is -1.99. The molecule has 0 aliphatic heterocycles. The molecule has 28 heavy (non-hydrogen) atoms. The van der Waals surface area contributed by atoms with Crippen LogP contribution in [0.15, 0.2) is 91.0 Å².